The van der Waals surface area contributed by atoms with Gasteiger partial charge in [-0.25, -0.2) is 19.1 Å². The van der Waals surface area contributed by atoms with Gasteiger partial charge in [-0.15, -0.1) is 5.10 Å². The van der Waals surface area contributed by atoms with Crippen LogP contribution in [0.4, 0.5) is 0 Å². The van der Waals surface area contributed by atoms with Crippen LogP contribution in [0.25, 0.3) is 22.5 Å². The third-order valence-corrected chi connectivity index (χ3v) is 8.58. The zero-order valence-electron chi connectivity index (χ0n) is 27.6. The molecule has 0 fully saturated rings. The Kier molecular flexibility index (Phi) is 8.62. The van der Waals surface area contributed by atoms with Crippen LogP contribution in [-0.4, -0.2) is 52.6 Å². The molecule has 3 N–H and O–H groups in total. The Bertz CT molecular complexity index is 2140. The molecule has 256 valence electrons. The van der Waals surface area contributed by atoms with Crippen LogP contribution < -0.4 is 17.0 Å². The quantitative estimate of drug-likeness (QED) is 0.172. The van der Waals surface area contributed by atoms with Gasteiger partial charge in [-0.2, -0.15) is 0 Å². The molecule has 1 atom stereocenters. The molecule has 5 aromatic rings. The number of benzene rings is 2. The van der Waals surface area contributed by atoms with Crippen LogP contribution in [0.3, 0.4) is 0 Å². The Balaban J connectivity index is 1.36. The Morgan fingerprint density at radius 2 is 1.55 bits per heavy atom. The fraction of sp³-hybridized carbons (Fsp3) is 0.353. The lowest BCUT2D eigenvalue weighted by Gasteiger charge is -2.41. The molecule has 0 saturated heterocycles. The van der Waals surface area contributed by atoms with Crippen LogP contribution in [0.5, 0.6) is 0 Å². The van der Waals surface area contributed by atoms with Crippen molar-refractivity contribution in [2.75, 3.05) is 0 Å². The maximum atomic E-state index is 12.8. The molecule has 2 aromatic carbocycles. The summed E-state index contributed by atoms with van der Waals surface area (Å²) in [5.41, 5.74) is 0.716. The SMILES string of the molecule is CCCC1(Cc2oc(=O)oc2C)NC(C(C)(C)O)=C(C(=O)O)N1Cc1ccc(-c2ccccc2-c2nnnn2Cc2oc(=O)oc2C)cc1. The average Bonchev–Trinajstić information content (AvgIpc) is 3.79. The monoisotopic (exact) mass is 672 g/mol. The number of carbonyl (C=O) groups is 1. The second kappa shape index (κ2) is 12.7. The van der Waals surface area contributed by atoms with Gasteiger partial charge in [0.05, 0.1) is 12.1 Å². The summed E-state index contributed by atoms with van der Waals surface area (Å²) in [7, 11) is 0. The second-order valence-corrected chi connectivity index (χ2v) is 12.5. The van der Waals surface area contributed by atoms with E-state index in [0.29, 0.717) is 35.9 Å². The number of carboxylic acids is 1. The van der Waals surface area contributed by atoms with Crippen molar-refractivity contribution in [2.24, 2.45) is 0 Å². The van der Waals surface area contributed by atoms with Crippen LogP contribution in [0, 0.1) is 13.8 Å². The first-order valence-electron chi connectivity index (χ1n) is 15.7. The molecular formula is C34H36N6O9. The lowest BCUT2D eigenvalue weighted by Crippen LogP contribution is -2.55. The summed E-state index contributed by atoms with van der Waals surface area (Å²) in [5, 5.41) is 37.1. The lowest BCUT2D eigenvalue weighted by atomic mass is 9.94. The average molecular weight is 673 g/mol. The zero-order valence-corrected chi connectivity index (χ0v) is 27.6. The van der Waals surface area contributed by atoms with Crippen molar-refractivity contribution in [3.05, 3.63) is 110 Å². The summed E-state index contributed by atoms with van der Waals surface area (Å²) in [6.07, 6.45) is 1.22. The molecule has 0 aliphatic carbocycles. The number of aromatic nitrogens is 4. The standard InChI is InChI=1S/C34H36N6O9/c1-6-15-34(16-25-19(2)46-31(43)48-25)35-28(33(4,5)45)27(30(41)42)39(34)17-21-11-13-22(14-12-21)23-9-7-8-10-24(23)29-36-37-38-40(29)18-26-20(3)47-32(44)49-26/h7-14,35,45H,6,15-18H2,1-5H3,(H,41,42). The number of nitrogens with one attached hydrogen (secondary N) is 1. The number of rotatable bonds is 12. The molecular weight excluding hydrogens is 636 g/mol. The van der Waals surface area contributed by atoms with Crippen LogP contribution in [-0.2, 0) is 24.3 Å². The third-order valence-electron chi connectivity index (χ3n) is 8.58. The lowest BCUT2D eigenvalue weighted by molar-refractivity contribution is -0.135. The van der Waals surface area contributed by atoms with E-state index in [1.54, 1.807) is 18.7 Å². The minimum absolute atomic E-state index is 0.0746. The molecule has 0 radical (unpaired) electrons. The maximum absolute atomic E-state index is 12.8. The smallest absolute Gasteiger partial charge is 0.477 e. The van der Waals surface area contributed by atoms with E-state index in [2.05, 4.69) is 20.8 Å². The number of aliphatic hydroxyl groups is 1. The molecule has 1 aliphatic rings. The maximum Gasteiger partial charge on any atom is 0.519 e. The number of hydrogen-bond acceptors (Lipinski definition) is 13. The van der Waals surface area contributed by atoms with Gasteiger partial charge in [0.15, 0.2) is 17.3 Å². The number of hydrogen-bond donors (Lipinski definition) is 3. The molecule has 6 rings (SSSR count). The van der Waals surface area contributed by atoms with Gasteiger partial charge in [0.25, 0.3) is 0 Å². The molecule has 15 nitrogen and oxygen atoms in total. The van der Waals surface area contributed by atoms with Crippen LogP contribution in [0.2, 0.25) is 0 Å². The number of aliphatic carboxylic acids is 1. The third kappa shape index (κ3) is 6.44. The summed E-state index contributed by atoms with van der Waals surface area (Å²) in [6, 6.07) is 15.2. The van der Waals surface area contributed by atoms with E-state index < -0.39 is 28.9 Å². The minimum atomic E-state index is -1.52. The van der Waals surface area contributed by atoms with E-state index in [0.717, 1.165) is 22.3 Å². The molecule has 15 heteroatoms. The van der Waals surface area contributed by atoms with Crippen molar-refractivity contribution >= 4 is 5.97 Å². The van der Waals surface area contributed by atoms with E-state index in [-0.39, 0.29) is 36.7 Å². The highest BCUT2D eigenvalue weighted by atomic mass is 16.6. The van der Waals surface area contributed by atoms with Gasteiger partial charge in [0.1, 0.15) is 35.0 Å². The number of nitrogens with zero attached hydrogens (tertiary/aromatic N) is 5. The topological polar surface area (TPSA) is 203 Å². The first kappa shape index (κ1) is 33.2. The van der Waals surface area contributed by atoms with Crippen molar-refractivity contribution in [2.45, 2.75) is 78.2 Å². The van der Waals surface area contributed by atoms with Gasteiger partial charge in [-0.1, -0.05) is 61.9 Å². The van der Waals surface area contributed by atoms with Crippen molar-refractivity contribution < 1.29 is 32.7 Å². The first-order valence-corrected chi connectivity index (χ1v) is 15.7. The summed E-state index contributed by atoms with van der Waals surface area (Å²) in [4.78, 5) is 38.1. The molecule has 0 saturated carbocycles. The Morgan fingerprint density at radius 3 is 2.12 bits per heavy atom. The van der Waals surface area contributed by atoms with Gasteiger partial charge in [-0.05, 0) is 61.2 Å². The molecule has 49 heavy (non-hydrogen) atoms. The first-order chi connectivity index (χ1) is 23.3. The van der Waals surface area contributed by atoms with Crippen molar-refractivity contribution in [1.82, 2.24) is 30.4 Å². The van der Waals surface area contributed by atoms with Gasteiger partial charge < -0.3 is 38.1 Å². The van der Waals surface area contributed by atoms with E-state index in [1.165, 1.54) is 18.5 Å². The second-order valence-electron chi connectivity index (χ2n) is 12.5. The Morgan fingerprint density at radius 1 is 0.918 bits per heavy atom. The molecule has 0 bridgehead atoms. The summed E-state index contributed by atoms with van der Waals surface area (Å²) in [6.45, 7) is 8.51. The molecule has 0 spiro atoms. The van der Waals surface area contributed by atoms with Gasteiger partial charge in [-0.3, -0.25) is 0 Å². The highest BCUT2D eigenvalue weighted by molar-refractivity contribution is 5.88. The van der Waals surface area contributed by atoms with E-state index >= 15 is 0 Å². The van der Waals surface area contributed by atoms with E-state index in [1.807, 2.05) is 55.5 Å². The van der Waals surface area contributed by atoms with Gasteiger partial charge in [0.2, 0.25) is 0 Å². The number of carboxylic acid groups (broad SMARTS) is 1. The largest absolute Gasteiger partial charge is 0.519 e. The normalized spacial score (nSPS) is 16.4. The van der Waals surface area contributed by atoms with Crippen molar-refractivity contribution in [3.63, 3.8) is 0 Å². The molecule has 1 unspecified atom stereocenters. The Labute approximate surface area is 279 Å². The molecule has 0 amide bonds. The summed E-state index contributed by atoms with van der Waals surface area (Å²) >= 11 is 0. The zero-order chi connectivity index (χ0) is 35.1. The van der Waals surface area contributed by atoms with E-state index in [4.69, 9.17) is 17.7 Å². The highest BCUT2D eigenvalue weighted by Crippen LogP contribution is 2.40. The molecule has 3 aromatic heterocycles. The summed E-state index contributed by atoms with van der Waals surface area (Å²) < 4.78 is 22.1. The fourth-order valence-electron chi connectivity index (χ4n) is 6.31. The fourth-order valence-corrected chi connectivity index (χ4v) is 6.31. The van der Waals surface area contributed by atoms with Crippen LogP contribution >= 0.6 is 0 Å². The van der Waals surface area contributed by atoms with Crippen molar-refractivity contribution in [1.29, 1.82) is 0 Å². The van der Waals surface area contributed by atoms with Crippen molar-refractivity contribution in [3.8, 4) is 22.5 Å². The molecule has 4 heterocycles. The predicted octanol–water partition coefficient (Wildman–Crippen LogP) is 3.98. The molecule has 1 aliphatic heterocycles. The number of tetrazole rings is 1. The van der Waals surface area contributed by atoms with Crippen LogP contribution in [0.1, 0.15) is 62.2 Å². The minimum Gasteiger partial charge on any atom is -0.477 e. The van der Waals surface area contributed by atoms with Gasteiger partial charge >= 0.3 is 17.6 Å². The van der Waals surface area contributed by atoms with Gasteiger partial charge in [0, 0.05) is 12.1 Å². The summed E-state index contributed by atoms with van der Waals surface area (Å²) in [5.74, 6) is -1.16. The van der Waals surface area contributed by atoms with Crippen LogP contribution in [0.15, 0.2) is 87.2 Å². The highest BCUT2D eigenvalue weighted by Gasteiger charge is 2.50. The van der Waals surface area contributed by atoms with E-state index in [9.17, 15) is 24.6 Å². The Hall–Kier alpha value is -5.70. The number of aryl methyl sites for hydroxylation is 2. The predicted molar refractivity (Wildman–Crippen MR) is 173 cm³/mol.